The fourth-order valence-electron chi connectivity index (χ4n) is 1.58. The van der Waals surface area contributed by atoms with Crippen molar-refractivity contribution in [1.82, 2.24) is 4.90 Å². The summed E-state index contributed by atoms with van der Waals surface area (Å²) >= 11 is 0. The van der Waals surface area contributed by atoms with E-state index in [0.717, 1.165) is 19.5 Å². The van der Waals surface area contributed by atoms with Gasteiger partial charge in [0.15, 0.2) is 0 Å². The van der Waals surface area contributed by atoms with Crippen molar-refractivity contribution in [2.24, 2.45) is 5.92 Å². The van der Waals surface area contributed by atoms with Gasteiger partial charge in [0.05, 0.1) is 0 Å². The highest BCUT2D eigenvalue weighted by molar-refractivity contribution is 5.85. The average Bonchev–Trinajstić information content (AvgIpc) is 2.61. The Labute approximate surface area is 83.8 Å². The second-order valence-corrected chi connectivity index (χ2v) is 3.79. The Morgan fingerprint density at radius 3 is 2.86 bits per heavy atom. The van der Waals surface area contributed by atoms with Crippen LogP contribution in [0.5, 0.6) is 0 Å². The molecule has 1 unspecified atom stereocenters. The number of aliphatic hydroxyl groups is 1. The van der Waals surface area contributed by atoms with Crippen LogP contribution in [0.15, 0.2) is 11.6 Å². The highest BCUT2D eigenvalue weighted by atomic mass is 16.4. The fraction of sp³-hybridized carbons (Fsp3) is 0.700. The van der Waals surface area contributed by atoms with Crippen LogP contribution in [-0.4, -0.2) is 47.3 Å². The third kappa shape index (κ3) is 3.12. The van der Waals surface area contributed by atoms with Crippen LogP contribution < -0.4 is 0 Å². The van der Waals surface area contributed by atoms with Gasteiger partial charge in [-0.05, 0) is 25.8 Å². The number of rotatable bonds is 4. The molecule has 0 radical (unpaired) electrons. The lowest BCUT2D eigenvalue weighted by molar-refractivity contribution is -0.132. The maximum absolute atomic E-state index is 10.5. The molecule has 0 aromatic rings. The Hall–Kier alpha value is -0.870. The first-order valence-corrected chi connectivity index (χ1v) is 4.86. The van der Waals surface area contributed by atoms with Crippen LogP contribution in [0.4, 0.5) is 0 Å². The maximum atomic E-state index is 10.5. The molecule has 1 aliphatic rings. The lowest BCUT2D eigenvalue weighted by atomic mass is 10.1. The largest absolute Gasteiger partial charge is 0.478 e. The van der Waals surface area contributed by atoms with Gasteiger partial charge in [-0.25, -0.2) is 4.79 Å². The highest BCUT2D eigenvalue weighted by Crippen LogP contribution is 2.14. The van der Waals surface area contributed by atoms with Gasteiger partial charge < -0.3 is 10.2 Å². The fourth-order valence-corrected chi connectivity index (χ4v) is 1.58. The quantitative estimate of drug-likeness (QED) is 0.641. The Morgan fingerprint density at radius 1 is 1.64 bits per heavy atom. The summed E-state index contributed by atoms with van der Waals surface area (Å²) < 4.78 is 0. The van der Waals surface area contributed by atoms with Crippen molar-refractivity contribution in [3.8, 4) is 0 Å². The second kappa shape index (κ2) is 5.12. The van der Waals surface area contributed by atoms with Gasteiger partial charge in [-0.15, -0.1) is 0 Å². The first kappa shape index (κ1) is 11.2. The molecule has 1 rings (SSSR count). The number of aliphatic hydroxyl groups excluding tert-OH is 1. The monoisotopic (exact) mass is 199 g/mol. The van der Waals surface area contributed by atoms with Crippen molar-refractivity contribution in [3.63, 3.8) is 0 Å². The first-order chi connectivity index (χ1) is 6.63. The number of carbonyl (C=O) groups is 1. The summed E-state index contributed by atoms with van der Waals surface area (Å²) in [7, 11) is 0. The summed E-state index contributed by atoms with van der Waals surface area (Å²) in [5.41, 5.74) is 0.387. The van der Waals surface area contributed by atoms with Gasteiger partial charge in [0.1, 0.15) is 0 Å². The Bertz CT molecular complexity index is 238. The molecule has 0 aromatic heterocycles. The van der Waals surface area contributed by atoms with Crippen LogP contribution in [0.2, 0.25) is 0 Å². The van der Waals surface area contributed by atoms with Crippen LogP contribution in [0, 0.1) is 5.92 Å². The molecule has 1 atom stereocenters. The number of likely N-dealkylation sites (tertiary alicyclic amines) is 1. The van der Waals surface area contributed by atoms with Crippen LogP contribution in [0.3, 0.4) is 0 Å². The molecule has 1 aliphatic heterocycles. The number of hydrogen-bond acceptors (Lipinski definition) is 3. The summed E-state index contributed by atoms with van der Waals surface area (Å²) in [4.78, 5) is 12.7. The van der Waals surface area contributed by atoms with E-state index in [1.165, 1.54) is 0 Å². The minimum atomic E-state index is -0.858. The Balaban J connectivity index is 2.33. The predicted molar refractivity (Wildman–Crippen MR) is 53.0 cm³/mol. The molecule has 80 valence electrons. The smallest absolute Gasteiger partial charge is 0.330 e. The molecular formula is C10H17NO3. The molecule has 14 heavy (non-hydrogen) atoms. The van der Waals surface area contributed by atoms with E-state index in [9.17, 15) is 4.79 Å². The number of carboxylic acids is 1. The number of hydrogen-bond donors (Lipinski definition) is 2. The number of aliphatic carboxylic acids is 1. The maximum Gasteiger partial charge on any atom is 0.330 e. The van der Waals surface area contributed by atoms with E-state index < -0.39 is 5.97 Å². The van der Waals surface area contributed by atoms with Crippen molar-refractivity contribution in [3.05, 3.63) is 11.6 Å². The molecule has 0 spiro atoms. The minimum Gasteiger partial charge on any atom is -0.478 e. The van der Waals surface area contributed by atoms with E-state index in [-0.39, 0.29) is 6.61 Å². The van der Waals surface area contributed by atoms with Crippen molar-refractivity contribution >= 4 is 5.97 Å². The summed E-state index contributed by atoms with van der Waals surface area (Å²) in [5, 5.41) is 17.5. The number of nitrogens with zero attached hydrogens (tertiary/aromatic N) is 1. The van der Waals surface area contributed by atoms with E-state index in [1.54, 1.807) is 13.0 Å². The van der Waals surface area contributed by atoms with Crippen molar-refractivity contribution in [2.45, 2.75) is 13.3 Å². The number of carboxylic acid groups (broad SMARTS) is 1. The molecule has 0 aromatic carbocycles. The molecule has 0 saturated carbocycles. The van der Waals surface area contributed by atoms with Crippen molar-refractivity contribution in [1.29, 1.82) is 0 Å². The van der Waals surface area contributed by atoms with E-state index in [1.807, 2.05) is 0 Å². The first-order valence-electron chi connectivity index (χ1n) is 4.86. The zero-order valence-electron chi connectivity index (χ0n) is 8.44. The minimum absolute atomic E-state index is 0.234. The highest BCUT2D eigenvalue weighted by Gasteiger charge is 2.20. The van der Waals surface area contributed by atoms with Gasteiger partial charge in [-0.2, -0.15) is 0 Å². The molecule has 0 amide bonds. The SMILES string of the molecule is CC(=CCN1CCC(CO)C1)C(=O)O. The molecule has 0 bridgehead atoms. The summed E-state index contributed by atoms with van der Waals surface area (Å²) in [6.45, 7) is 4.34. The third-order valence-corrected chi connectivity index (χ3v) is 2.62. The molecule has 4 nitrogen and oxygen atoms in total. The van der Waals surface area contributed by atoms with Crippen LogP contribution in [-0.2, 0) is 4.79 Å². The molecule has 1 heterocycles. The van der Waals surface area contributed by atoms with E-state index in [4.69, 9.17) is 10.2 Å². The molecular weight excluding hydrogens is 182 g/mol. The summed E-state index contributed by atoms with van der Waals surface area (Å²) in [6, 6.07) is 0. The lowest BCUT2D eigenvalue weighted by Gasteiger charge is -2.12. The molecule has 1 fully saturated rings. The topological polar surface area (TPSA) is 60.8 Å². The van der Waals surface area contributed by atoms with Crippen LogP contribution >= 0.6 is 0 Å². The van der Waals surface area contributed by atoms with Gasteiger partial charge in [-0.1, -0.05) is 6.08 Å². The molecule has 1 saturated heterocycles. The van der Waals surface area contributed by atoms with E-state index in [2.05, 4.69) is 4.90 Å². The Morgan fingerprint density at radius 2 is 2.36 bits per heavy atom. The van der Waals surface area contributed by atoms with E-state index in [0.29, 0.717) is 18.0 Å². The molecule has 4 heteroatoms. The normalized spacial score (nSPS) is 24.1. The van der Waals surface area contributed by atoms with Gasteiger partial charge in [-0.3, -0.25) is 4.90 Å². The van der Waals surface area contributed by atoms with Gasteiger partial charge in [0, 0.05) is 25.3 Å². The van der Waals surface area contributed by atoms with Crippen molar-refractivity contribution < 1.29 is 15.0 Å². The third-order valence-electron chi connectivity index (χ3n) is 2.62. The summed E-state index contributed by atoms with van der Waals surface area (Å²) in [5.74, 6) is -0.489. The second-order valence-electron chi connectivity index (χ2n) is 3.79. The van der Waals surface area contributed by atoms with Crippen molar-refractivity contribution in [2.75, 3.05) is 26.2 Å². The molecule has 0 aliphatic carbocycles. The zero-order valence-corrected chi connectivity index (χ0v) is 8.44. The van der Waals surface area contributed by atoms with Gasteiger partial charge in [0.25, 0.3) is 0 Å². The average molecular weight is 199 g/mol. The van der Waals surface area contributed by atoms with Gasteiger partial charge in [0.2, 0.25) is 0 Å². The van der Waals surface area contributed by atoms with Crippen LogP contribution in [0.25, 0.3) is 0 Å². The summed E-state index contributed by atoms with van der Waals surface area (Å²) in [6.07, 6.45) is 2.73. The van der Waals surface area contributed by atoms with E-state index >= 15 is 0 Å². The Kier molecular flexibility index (Phi) is 4.10. The van der Waals surface area contributed by atoms with Gasteiger partial charge >= 0.3 is 5.97 Å². The lowest BCUT2D eigenvalue weighted by Crippen LogP contribution is -2.22. The standard InChI is InChI=1S/C10H17NO3/c1-8(10(13)14)2-4-11-5-3-9(6-11)7-12/h2,9,12H,3-7H2,1H3,(H,13,14). The zero-order chi connectivity index (χ0) is 10.6. The predicted octanol–water partition coefficient (Wildman–Crippen LogP) is 0.331. The molecule has 2 N–H and O–H groups in total. The van der Waals surface area contributed by atoms with Crippen LogP contribution in [0.1, 0.15) is 13.3 Å².